The van der Waals surface area contributed by atoms with Gasteiger partial charge in [0.25, 0.3) is 0 Å². The van der Waals surface area contributed by atoms with Crippen LogP contribution in [0.3, 0.4) is 0 Å². The van der Waals surface area contributed by atoms with Crippen LogP contribution in [-0.2, 0) is 9.47 Å². The number of ether oxygens (including phenoxy) is 2. The van der Waals surface area contributed by atoms with Crippen LogP contribution in [0.15, 0.2) is 0 Å². The molecule has 1 heterocycles. The normalized spacial score (nSPS) is 33.2. The summed E-state index contributed by atoms with van der Waals surface area (Å²) in [5.74, 6) is 0.165. The first-order valence-electron chi connectivity index (χ1n) is 4.93. The van der Waals surface area contributed by atoms with Crippen molar-refractivity contribution < 1.29 is 9.47 Å². The molecule has 0 unspecified atom stereocenters. The van der Waals surface area contributed by atoms with Gasteiger partial charge in [0.2, 0.25) is 0 Å². The minimum atomic E-state index is -0.373. The summed E-state index contributed by atoms with van der Waals surface area (Å²) >= 11 is 2.41. The topological polar surface area (TPSA) is 18.5 Å². The quantitative estimate of drug-likeness (QED) is 0.589. The van der Waals surface area contributed by atoms with E-state index in [1.165, 1.54) is 10.8 Å². The van der Waals surface area contributed by atoms with E-state index in [0.29, 0.717) is 12.0 Å². The number of rotatable bonds is 3. The van der Waals surface area contributed by atoms with Gasteiger partial charge in [-0.3, -0.25) is 0 Å². The average Bonchev–Trinajstić information content (AvgIpc) is 2.07. The third-order valence-corrected chi connectivity index (χ3v) is 3.15. The molecule has 0 bridgehead atoms. The van der Waals surface area contributed by atoms with Crippen LogP contribution in [0.25, 0.3) is 0 Å². The van der Waals surface area contributed by atoms with Crippen LogP contribution in [0, 0.1) is 5.92 Å². The van der Waals surface area contributed by atoms with Gasteiger partial charge in [-0.05, 0) is 31.1 Å². The number of hydrogen-bond donors (Lipinski definition) is 0. The number of halogens is 1. The molecule has 1 rings (SSSR count). The van der Waals surface area contributed by atoms with Crippen LogP contribution in [0.2, 0.25) is 0 Å². The molecule has 1 fully saturated rings. The van der Waals surface area contributed by atoms with E-state index in [2.05, 4.69) is 29.5 Å². The van der Waals surface area contributed by atoms with Gasteiger partial charge < -0.3 is 9.47 Å². The van der Waals surface area contributed by atoms with Crippen LogP contribution in [0.4, 0.5) is 0 Å². The Hall–Kier alpha value is 0.650. The summed E-state index contributed by atoms with van der Waals surface area (Å²) < 4.78 is 12.6. The minimum Gasteiger partial charge on any atom is -0.350 e. The van der Waals surface area contributed by atoms with E-state index in [1.807, 2.05) is 13.8 Å². The van der Waals surface area contributed by atoms with Crippen LogP contribution in [0.5, 0.6) is 0 Å². The van der Waals surface area contributed by atoms with Crippen LogP contribution >= 0.6 is 22.6 Å². The lowest BCUT2D eigenvalue weighted by Crippen LogP contribution is -2.44. The van der Waals surface area contributed by atoms with E-state index in [4.69, 9.17) is 9.47 Å². The summed E-state index contributed by atoms with van der Waals surface area (Å²) in [6, 6.07) is 0. The fourth-order valence-corrected chi connectivity index (χ4v) is 2.02. The molecule has 0 aromatic heterocycles. The molecule has 0 N–H and O–H groups in total. The molecular weight excluding hydrogens is 279 g/mol. The Labute approximate surface area is 94.5 Å². The Morgan fingerprint density at radius 2 is 2.15 bits per heavy atom. The van der Waals surface area contributed by atoms with Crippen molar-refractivity contribution in [3.05, 3.63) is 0 Å². The van der Waals surface area contributed by atoms with Crippen molar-refractivity contribution >= 4 is 22.6 Å². The van der Waals surface area contributed by atoms with Gasteiger partial charge >= 0.3 is 0 Å². The molecule has 2 nitrogen and oxygen atoms in total. The molecule has 1 aliphatic heterocycles. The first kappa shape index (κ1) is 11.7. The minimum absolute atomic E-state index is 0.373. The van der Waals surface area contributed by atoms with Crippen molar-refractivity contribution in [3.8, 4) is 0 Å². The molecule has 78 valence electrons. The van der Waals surface area contributed by atoms with Crippen molar-refractivity contribution in [2.75, 3.05) is 11.0 Å². The van der Waals surface area contributed by atoms with Gasteiger partial charge in [0.15, 0.2) is 5.79 Å². The maximum atomic E-state index is 5.86. The summed E-state index contributed by atoms with van der Waals surface area (Å²) in [5, 5.41) is 0. The van der Waals surface area contributed by atoms with E-state index in [9.17, 15) is 0 Å². The van der Waals surface area contributed by atoms with Crippen LogP contribution in [-0.4, -0.2) is 22.9 Å². The summed E-state index contributed by atoms with van der Waals surface area (Å²) in [6.07, 6.45) is 2.79. The van der Waals surface area contributed by atoms with Crippen molar-refractivity contribution in [3.63, 3.8) is 0 Å². The largest absolute Gasteiger partial charge is 0.350 e. The van der Waals surface area contributed by atoms with Crippen LogP contribution in [0.1, 0.15) is 33.6 Å². The van der Waals surface area contributed by atoms with Gasteiger partial charge in [-0.25, -0.2) is 0 Å². The van der Waals surface area contributed by atoms with Gasteiger partial charge in [0.1, 0.15) is 0 Å². The first-order valence-corrected chi connectivity index (χ1v) is 6.45. The van der Waals surface area contributed by atoms with E-state index >= 15 is 0 Å². The van der Waals surface area contributed by atoms with E-state index in [-0.39, 0.29) is 5.79 Å². The van der Waals surface area contributed by atoms with E-state index < -0.39 is 0 Å². The zero-order chi connectivity index (χ0) is 9.90. The van der Waals surface area contributed by atoms with Gasteiger partial charge in [0.05, 0.1) is 12.7 Å². The highest BCUT2D eigenvalue weighted by molar-refractivity contribution is 14.1. The molecule has 0 aromatic carbocycles. The highest BCUT2D eigenvalue weighted by Crippen LogP contribution is 2.28. The van der Waals surface area contributed by atoms with Gasteiger partial charge in [-0.1, -0.05) is 29.5 Å². The van der Waals surface area contributed by atoms with Gasteiger partial charge in [-0.15, -0.1) is 0 Å². The lowest BCUT2D eigenvalue weighted by atomic mass is 9.99. The van der Waals surface area contributed by atoms with Crippen LogP contribution < -0.4 is 0 Å². The second-order valence-electron chi connectivity index (χ2n) is 4.18. The second kappa shape index (κ2) is 4.94. The molecule has 0 radical (unpaired) electrons. The molecule has 1 saturated heterocycles. The maximum Gasteiger partial charge on any atom is 0.163 e. The Morgan fingerprint density at radius 3 is 2.77 bits per heavy atom. The lowest BCUT2D eigenvalue weighted by Gasteiger charge is -2.40. The van der Waals surface area contributed by atoms with Crippen molar-refractivity contribution in [1.82, 2.24) is 0 Å². The Kier molecular flexibility index (Phi) is 4.45. The van der Waals surface area contributed by atoms with E-state index in [0.717, 1.165) is 13.0 Å². The number of alkyl halides is 1. The predicted molar refractivity (Wildman–Crippen MR) is 62.2 cm³/mol. The monoisotopic (exact) mass is 298 g/mol. The highest BCUT2D eigenvalue weighted by atomic mass is 127. The van der Waals surface area contributed by atoms with Crippen molar-refractivity contribution in [2.24, 2.45) is 5.92 Å². The van der Waals surface area contributed by atoms with E-state index in [1.54, 1.807) is 0 Å². The Balaban J connectivity index is 2.41. The standard InChI is InChI=1S/C10H19IO2/c1-8-7-12-10(2,3)13-9(8)5-4-6-11/h8-9H,4-7H2,1-3H3/t8-,9+/m0/s1. The third kappa shape index (κ3) is 3.72. The van der Waals surface area contributed by atoms with Gasteiger partial charge in [0, 0.05) is 5.92 Å². The summed E-state index contributed by atoms with van der Waals surface area (Å²) in [5.41, 5.74) is 0. The summed E-state index contributed by atoms with van der Waals surface area (Å²) in [7, 11) is 0. The predicted octanol–water partition coefficient (Wildman–Crippen LogP) is 2.99. The SMILES string of the molecule is C[C@H]1COC(C)(C)O[C@@H]1CCCI. The van der Waals surface area contributed by atoms with Crippen molar-refractivity contribution in [1.29, 1.82) is 0 Å². The summed E-state index contributed by atoms with van der Waals surface area (Å²) in [6.45, 7) is 7.03. The smallest absolute Gasteiger partial charge is 0.163 e. The zero-order valence-electron chi connectivity index (χ0n) is 8.68. The van der Waals surface area contributed by atoms with Gasteiger partial charge in [-0.2, -0.15) is 0 Å². The highest BCUT2D eigenvalue weighted by Gasteiger charge is 2.33. The van der Waals surface area contributed by atoms with Crippen molar-refractivity contribution in [2.45, 2.75) is 45.5 Å². The maximum absolute atomic E-state index is 5.86. The molecule has 1 aliphatic rings. The summed E-state index contributed by atoms with van der Waals surface area (Å²) in [4.78, 5) is 0. The molecule has 3 heteroatoms. The third-order valence-electron chi connectivity index (χ3n) is 2.39. The molecular formula is C10H19IO2. The Bertz CT molecular complexity index is 159. The molecule has 0 saturated carbocycles. The molecule has 13 heavy (non-hydrogen) atoms. The molecule has 2 atom stereocenters. The molecule has 0 amide bonds. The fraction of sp³-hybridized carbons (Fsp3) is 1.00. The second-order valence-corrected chi connectivity index (χ2v) is 5.25. The zero-order valence-corrected chi connectivity index (χ0v) is 10.8. The first-order chi connectivity index (χ1) is 6.05. The molecule has 0 aliphatic carbocycles. The molecule has 0 aromatic rings. The number of hydrogen-bond acceptors (Lipinski definition) is 2. The lowest BCUT2D eigenvalue weighted by molar-refractivity contribution is -0.291. The Morgan fingerprint density at radius 1 is 1.46 bits per heavy atom. The fourth-order valence-electron chi connectivity index (χ4n) is 1.58. The molecule has 0 spiro atoms. The average molecular weight is 298 g/mol.